The molecule has 3 N–H and O–H groups in total. The number of fused-ring (bicyclic) bond motifs is 1. The van der Waals surface area contributed by atoms with Gasteiger partial charge in [0.1, 0.15) is 5.75 Å². The van der Waals surface area contributed by atoms with Gasteiger partial charge in [0.05, 0.1) is 24.8 Å². The Balaban J connectivity index is 1.45. The first kappa shape index (κ1) is 19.9. The molecule has 1 atom stereocenters. The zero-order valence-corrected chi connectivity index (χ0v) is 17.0. The van der Waals surface area contributed by atoms with Crippen LogP contribution < -0.4 is 15.8 Å². The molecule has 0 bridgehead atoms. The van der Waals surface area contributed by atoms with Gasteiger partial charge < -0.3 is 15.8 Å². The number of hydrogen-bond donors (Lipinski definition) is 2. The lowest BCUT2D eigenvalue weighted by molar-refractivity contribution is -0.121. The lowest BCUT2D eigenvalue weighted by atomic mass is 9.77. The number of rotatable bonds is 6. The molecule has 1 saturated carbocycles. The lowest BCUT2D eigenvalue weighted by Crippen LogP contribution is -2.37. The van der Waals surface area contributed by atoms with Gasteiger partial charge in [-0.3, -0.25) is 9.78 Å². The van der Waals surface area contributed by atoms with Crippen molar-refractivity contribution < 1.29 is 9.53 Å². The molecule has 4 rings (SSSR count). The summed E-state index contributed by atoms with van der Waals surface area (Å²) in [6.45, 7) is 1.54. The monoisotopic (exact) mass is 393 g/mol. The second kappa shape index (κ2) is 9.40. The molecule has 2 aromatic rings. The summed E-state index contributed by atoms with van der Waals surface area (Å²) in [5, 5.41) is 3.30. The molecule has 1 aliphatic heterocycles. The number of nitrogens with zero attached hydrogens (tertiary/aromatic N) is 1. The molecule has 1 unspecified atom stereocenters. The van der Waals surface area contributed by atoms with Crippen LogP contribution in [0.25, 0.3) is 0 Å². The minimum atomic E-state index is -0.0385. The number of aryl methyl sites for hydroxylation is 1. The Kier molecular flexibility index (Phi) is 6.45. The Bertz CT molecular complexity index is 816. The third kappa shape index (κ3) is 4.96. The van der Waals surface area contributed by atoms with E-state index < -0.39 is 0 Å². The smallest absolute Gasteiger partial charge is 0.224 e. The number of nitrogens with two attached hydrogens (primary N) is 1. The number of benzene rings is 1. The zero-order chi connectivity index (χ0) is 20.1. The number of nitrogens with one attached hydrogen (secondary N) is 1. The highest BCUT2D eigenvalue weighted by atomic mass is 16.5. The van der Waals surface area contributed by atoms with Gasteiger partial charge in [-0.1, -0.05) is 18.2 Å². The maximum atomic E-state index is 12.9. The van der Waals surface area contributed by atoms with E-state index in [1.165, 1.54) is 5.56 Å². The van der Waals surface area contributed by atoms with E-state index >= 15 is 0 Å². The molecule has 5 nitrogen and oxygen atoms in total. The van der Waals surface area contributed by atoms with E-state index in [1.54, 1.807) is 0 Å². The molecule has 1 amide bonds. The number of carbonyl (C=O) groups is 1. The summed E-state index contributed by atoms with van der Waals surface area (Å²) < 4.78 is 5.69. The quantitative estimate of drug-likeness (QED) is 0.786. The van der Waals surface area contributed by atoms with E-state index in [-0.39, 0.29) is 11.9 Å². The van der Waals surface area contributed by atoms with Crippen LogP contribution >= 0.6 is 0 Å². The van der Waals surface area contributed by atoms with Crippen molar-refractivity contribution in [3.8, 4) is 5.75 Å². The summed E-state index contributed by atoms with van der Waals surface area (Å²) in [6, 6.07) is 12.0. The highest BCUT2D eigenvalue weighted by molar-refractivity contribution is 5.79. The minimum Gasteiger partial charge on any atom is -0.493 e. The largest absolute Gasteiger partial charge is 0.493 e. The van der Waals surface area contributed by atoms with Gasteiger partial charge >= 0.3 is 0 Å². The van der Waals surface area contributed by atoms with Gasteiger partial charge in [0.25, 0.3) is 0 Å². The molecular weight excluding hydrogens is 362 g/mol. The molecular formula is C24H31N3O2. The van der Waals surface area contributed by atoms with Crippen molar-refractivity contribution in [3.05, 3.63) is 59.4 Å². The van der Waals surface area contributed by atoms with Crippen LogP contribution in [0.5, 0.6) is 5.75 Å². The van der Waals surface area contributed by atoms with Crippen molar-refractivity contribution in [1.29, 1.82) is 0 Å². The van der Waals surface area contributed by atoms with Gasteiger partial charge in [-0.05, 0) is 86.2 Å². The lowest BCUT2D eigenvalue weighted by Gasteiger charge is -2.33. The van der Waals surface area contributed by atoms with E-state index in [2.05, 4.69) is 16.4 Å². The summed E-state index contributed by atoms with van der Waals surface area (Å²) in [4.78, 5) is 17.5. The van der Waals surface area contributed by atoms with Gasteiger partial charge in [0, 0.05) is 6.20 Å². The Morgan fingerprint density at radius 1 is 1.21 bits per heavy atom. The fourth-order valence-electron chi connectivity index (χ4n) is 4.68. The number of carbonyl (C=O) groups excluding carboxylic acids is 1. The molecule has 1 aromatic carbocycles. The summed E-state index contributed by atoms with van der Waals surface area (Å²) in [6.07, 6.45) is 8.68. The average Bonchev–Trinajstić information content (AvgIpc) is 2.78. The molecule has 1 aliphatic carbocycles. The molecule has 1 fully saturated rings. The van der Waals surface area contributed by atoms with Gasteiger partial charge in [-0.15, -0.1) is 0 Å². The predicted molar refractivity (Wildman–Crippen MR) is 114 cm³/mol. The molecule has 1 aromatic heterocycles. The van der Waals surface area contributed by atoms with Gasteiger partial charge in [-0.2, -0.15) is 0 Å². The van der Waals surface area contributed by atoms with Gasteiger partial charge in [0.2, 0.25) is 5.91 Å². The molecule has 2 heterocycles. The van der Waals surface area contributed by atoms with E-state index in [4.69, 9.17) is 10.5 Å². The van der Waals surface area contributed by atoms with Crippen LogP contribution in [0.2, 0.25) is 0 Å². The number of pyridine rings is 1. The van der Waals surface area contributed by atoms with Crippen molar-refractivity contribution in [3.63, 3.8) is 0 Å². The van der Waals surface area contributed by atoms with Crippen molar-refractivity contribution >= 4 is 5.91 Å². The number of amides is 1. The summed E-state index contributed by atoms with van der Waals surface area (Å²) in [7, 11) is 0. The zero-order valence-electron chi connectivity index (χ0n) is 17.0. The minimum absolute atomic E-state index is 0.0385. The van der Waals surface area contributed by atoms with Gasteiger partial charge in [0.15, 0.2) is 0 Å². The van der Waals surface area contributed by atoms with Gasteiger partial charge in [-0.25, -0.2) is 0 Å². The fraction of sp³-hybridized carbons (Fsp3) is 0.500. The highest BCUT2D eigenvalue weighted by Crippen LogP contribution is 2.36. The molecule has 2 aliphatic rings. The highest BCUT2D eigenvalue weighted by Gasteiger charge is 2.30. The molecule has 0 saturated heterocycles. The fourth-order valence-corrected chi connectivity index (χ4v) is 4.68. The molecule has 0 radical (unpaired) electrons. The Labute approximate surface area is 173 Å². The molecule has 29 heavy (non-hydrogen) atoms. The second-order valence-corrected chi connectivity index (χ2v) is 8.39. The van der Waals surface area contributed by atoms with Crippen LogP contribution in [0, 0.1) is 11.8 Å². The Morgan fingerprint density at radius 3 is 2.83 bits per heavy atom. The SMILES string of the molecule is NCC1CCC(C(NC(=O)Cc2ccc3c(c2)CCCO3)c2ccccn2)CC1. The van der Waals surface area contributed by atoms with Crippen molar-refractivity contribution in [2.75, 3.05) is 13.2 Å². The standard InChI is InChI=1S/C24H31N3O2/c25-16-17-6-9-19(10-7-17)24(21-5-1-2-12-26-21)27-23(28)15-18-8-11-22-20(14-18)4-3-13-29-22/h1-2,5,8,11-12,14,17,19,24H,3-4,6-7,9-10,13,15-16,25H2,(H,27,28). The molecule has 0 spiro atoms. The first-order valence-corrected chi connectivity index (χ1v) is 10.9. The van der Waals surface area contributed by atoms with Crippen LogP contribution in [-0.2, 0) is 17.6 Å². The van der Waals surface area contributed by atoms with E-state index in [9.17, 15) is 4.79 Å². The first-order chi connectivity index (χ1) is 14.2. The maximum absolute atomic E-state index is 12.9. The van der Waals surface area contributed by atoms with Crippen LogP contribution in [0.1, 0.15) is 55.0 Å². The molecule has 5 heteroatoms. The number of hydrogen-bond acceptors (Lipinski definition) is 4. The van der Waals surface area contributed by atoms with Crippen LogP contribution in [0.3, 0.4) is 0 Å². The summed E-state index contributed by atoms with van der Waals surface area (Å²) >= 11 is 0. The van der Waals surface area contributed by atoms with E-state index in [0.29, 0.717) is 18.3 Å². The van der Waals surface area contributed by atoms with Crippen molar-refractivity contribution in [2.24, 2.45) is 17.6 Å². The Morgan fingerprint density at radius 2 is 2.07 bits per heavy atom. The van der Waals surface area contributed by atoms with E-state index in [1.807, 2.05) is 36.5 Å². The third-order valence-electron chi connectivity index (χ3n) is 6.36. The topological polar surface area (TPSA) is 77.2 Å². The van der Waals surface area contributed by atoms with Crippen LogP contribution in [-0.4, -0.2) is 24.0 Å². The Hall–Kier alpha value is -2.40. The first-order valence-electron chi connectivity index (χ1n) is 10.9. The number of ether oxygens (including phenoxy) is 1. The maximum Gasteiger partial charge on any atom is 0.224 e. The van der Waals surface area contributed by atoms with Crippen LogP contribution in [0.4, 0.5) is 0 Å². The van der Waals surface area contributed by atoms with E-state index in [0.717, 1.165) is 68.7 Å². The van der Waals surface area contributed by atoms with Crippen LogP contribution in [0.15, 0.2) is 42.6 Å². The predicted octanol–water partition coefficient (Wildman–Crippen LogP) is 3.57. The summed E-state index contributed by atoms with van der Waals surface area (Å²) in [5.74, 6) is 2.04. The normalized spacial score (nSPS) is 22.2. The molecule has 154 valence electrons. The summed E-state index contributed by atoms with van der Waals surface area (Å²) in [5.41, 5.74) is 9.07. The average molecular weight is 394 g/mol. The van der Waals surface area contributed by atoms with Crippen molar-refractivity contribution in [2.45, 2.75) is 51.0 Å². The second-order valence-electron chi connectivity index (χ2n) is 8.39. The third-order valence-corrected chi connectivity index (χ3v) is 6.36. The van der Waals surface area contributed by atoms with Crippen molar-refractivity contribution in [1.82, 2.24) is 10.3 Å². The number of aromatic nitrogens is 1.